The van der Waals surface area contributed by atoms with Gasteiger partial charge < -0.3 is 20.6 Å². The lowest BCUT2D eigenvalue weighted by Crippen LogP contribution is -2.40. The number of urea groups is 1. The van der Waals surface area contributed by atoms with Crippen molar-refractivity contribution in [1.29, 1.82) is 0 Å². The fourth-order valence-corrected chi connectivity index (χ4v) is 3.80. The average Bonchev–Trinajstić information content (AvgIpc) is 3.31. The van der Waals surface area contributed by atoms with Crippen LogP contribution in [0.3, 0.4) is 0 Å². The predicted octanol–water partition coefficient (Wildman–Crippen LogP) is 4.74. The van der Waals surface area contributed by atoms with Crippen LogP contribution in [0.4, 0.5) is 16.2 Å². The van der Waals surface area contributed by atoms with E-state index in [2.05, 4.69) is 15.6 Å². The SMILES string of the molecule is O=C(Nc1ccc(Cl)cc1)Nc1ccc(-c2ccc(C(=O)N3CCC[C@H]3C(=O)O)nc2)cc1. The molecule has 33 heavy (non-hydrogen) atoms. The number of amides is 3. The summed E-state index contributed by atoms with van der Waals surface area (Å²) in [7, 11) is 0. The van der Waals surface area contributed by atoms with Crippen molar-refractivity contribution in [3.05, 3.63) is 77.6 Å². The van der Waals surface area contributed by atoms with Crippen LogP contribution in [0.25, 0.3) is 11.1 Å². The molecular formula is C24H21ClN4O4. The second-order valence-corrected chi connectivity index (χ2v) is 8.03. The summed E-state index contributed by atoms with van der Waals surface area (Å²) in [5, 5.41) is 15.3. The van der Waals surface area contributed by atoms with E-state index in [-0.39, 0.29) is 17.6 Å². The number of aromatic nitrogens is 1. The number of benzene rings is 2. The number of anilines is 2. The predicted molar refractivity (Wildman–Crippen MR) is 125 cm³/mol. The molecule has 9 heteroatoms. The fourth-order valence-electron chi connectivity index (χ4n) is 3.68. The molecule has 3 aromatic rings. The number of nitrogens with one attached hydrogen (secondary N) is 2. The molecule has 1 fully saturated rings. The van der Waals surface area contributed by atoms with Crippen molar-refractivity contribution in [3.8, 4) is 11.1 Å². The molecule has 1 atom stereocenters. The van der Waals surface area contributed by atoms with Crippen LogP contribution in [0.1, 0.15) is 23.3 Å². The first kappa shape index (κ1) is 22.3. The highest BCUT2D eigenvalue weighted by atomic mass is 35.5. The Morgan fingerprint density at radius 3 is 2.09 bits per heavy atom. The number of aliphatic carboxylic acids is 1. The first-order chi connectivity index (χ1) is 15.9. The van der Waals surface area contributed by atoms with Crippen molar-refractivity contribution in [2.45, 2.75) is 18.9 Å². The van der Waals surface area contributed by atoms with Gasteiger partial charge in [-0.3, -0.25) is 9.78 Å². The van der Waals surface area contributed by atoms with Crippen LogP contribution in [0, 0.1) is 0 Å². The summed E-state index contributed by atoms with van der Waals surface area (Å²) in [5.41, 5.74) is 3.09. The standard InChI is InChI=1S/C24H21ClN4O4/c25-17-6-10-19(11-7-17)28-24(33)27-18-8-3-15(4-9-18)16-5-12-20(26-14-16)22(30)29-13-1-2-21(29)23(31)32/h3-12,14,21H,1-2,13H2,(H,31,32)(H2,27,28,33)/t21-/m0/s1. The van der Waals surface area contributed by atoms with Crippen LogP contribution in [-0.2, 0) is 4.79 Å². The molecule has 0 bridgehead atoms. The van der Waals surface area contributed by atoms with E-state index in [1.165, 1.54) is 4.90 Å². The Morgan fingerprint density at radius 2 is 1.52 bits per heavy atom. The minimum atomic E-state index is -0.993. The number of likely N-dealkylation sites (tertiary alicyclic amines) is 1. The Labute approximate surface area is 195 Å². The second kappa shape index (κ2) is 9.70. The summed E-state index contributed by atoms with van der Waals surface area (Å²) in [6, 6.07) is 16.2. The zero-order valence-electron chi connectivity index (χ0n) is 17.5. The van der Waals surface area contributed by atoms with E-state index in [9.17, 15) is 19.5 Å². The average molecular weight is 465 g/mol. The lowest BCUT2D eigenvalue weighted by molar-refractivity contribution is -0.141. The number of halogens is 1. The molecule has 4 rings (SSSR count). The van der Waals surface area contributed by atoms with Gasteiger partial charge in [-0.25, -0.2) is 9.59 Å². The van der Waals surface area contributed by atoms with Gasteiger partial charge in [-0.2, -0.15) is 0 Å². The van der Waals surface area contributed by atoms with Gasteiger partial charge in [-0.1, -0.05) is 29.8 Å². The van der Waals surface area contributed by atoms with Crippen LogP contribution in [0.15, 0.2) is 66.9 Å². The summed E-state index contributed by atoms with van der Waals surface area (Å²) in [4.78, 5) is 41.8. The zero-order valence-corrected chi connectivity index (χ0v) is 18.2. The first-order valence-electron chi connectivity index (χ1n) is 10.3. The van der Waals surface area contributed by atoms with Gasteiger partial charge in [0.05, 0.1) is 0 Å². The smallest absolute Gasteiger partial charge is 0.326 e. The van der Waals surface area contributed by atoms with E-state index >= 15 is 0 Å². The number of carbonyl (C=O) groups excluding carboxylic acids is 2. The molecule has 1 aliphatic heterocycles. The van der Waals surface area contributed by atoms with Gasteiger partial charge in [0.25, 0.3) is 5.91 Å². The molecule has 0 unspecified atom stereocenters. The Hall–Kier alpha value is -3.91. The molecule has 0 radical (unpaired) electrons. The van der Waals surface area contributed by atoms with Crippen molar-refractivity contribution in [2.24, 2.45) is 0 Å². The molecule has 0 spiro atoms. The number of carboxylic acid groups (broad SMARTS) is 1. The maximum atomic E-state index is 12.7. The second-order valence-electron chi connectivity index (χ2n) is 7.59. The molecule has 2 aromatic carbocycles. The quantitative estimate of drug-likeness (QED) is 0.505. The minimum absolute atomic E-state index is 0.212. The van der Waals surface area contributed by atoms with Crippen molar-refractivity contribution in [1.82, 2.24) is 9.88 Å². The maximum absolute atomic E-state index is 12.7. The van der Waals surface area contributed by atoms with Gasteiger partial charge in [-0.05, 0) is 60.9 Å². The van der Waals surface area contributed by atoms with Gasteiger partial charge in [0, 0.05) is 34.7 Å². The highest BCUT2D eigenvalue weighted by Crippen LogP contribution is 2.23. The molecule has 8 nitrogen and oxygen atoms in total. The Bertz CT molecular complexity index is 1160. The first-order valence-corrected chi connectivity index (χ1v) is 10.7. The van der Waals surface area contributed by atoms with Gasteiger partial charge in [0.15, 0.2) is 0 Å². The zero-order chi connectivity index (χ0) is 23.4. The van der Waals surface area contributed by atoms with Crippen LogP contribution in [-0.4, -0.2) is 45.5 Å². The number of carbonyl (C=O) groups is 3. The molecule has 3 N–H and O–H groups in total. The van der Waals surface area contributed by atoms with E-state index in [0.29, 0.717) is 35.8 Å². The molecule has 168 valence electrons. The Balaban J connectivity index is 1.38. The molecule has 1 aromatic heterocycles. The van der Waals surface area contributed by atoms with E-state index in [1.807, 2.05) is 12.1 Å². The molecule has 0 saturated carbocycles. The third-order valence-electron chi connectivity index (χ3n) is 5.36. The third kappa shape index (κ3) is 5.30. The number of nitrogens with zero attached hydrogens (tertiary/aromatic N) is 2. The van der Waals surface area contributed by atoms with Crippen LogP contribution < -0.4 is 10.6 Å². The van der Waals surface area contributed by atoms with Gasteiger partial charge in [-0.15, -0.1) is 0 Å². The van der Waals surface area contributed by atoms with Crippen molar-refractivity contribution in [2.75, 3.05) is 17.2 Å². The summed E-state index contributed by atoms with van der Waals surface area (Å²) in [6.07, 6.45) is 2.70. The molecule has 3 amide bonds. The molecule has 0 aliphatic carbocycles. The summed E-state index contributed by atoms with van der Waals surface area (Å²) in [5.74, 6) is -1.37. The Morgan fingerprint density at radius 1 is 0.909 bits per heavy atom. The fraction of sp³-hybridized carbons (Fsp3) is 0.167. The molecular weight excluding hydrogens is 444 g/mol. The largest absolute Gasteiger partial charge is 0.480 e. The van der Waals surface area contributed by atoms with Crippen molar-refractivity contribution >= 4 is 40.9 Å². The van der Waals surface area contributed by atoms with Crippen molar-refractivity contribution < 1.29 is 19.5 Å². The van der Waals surface area contributed by atoms with Crippen LogP contribution >= 0.6 is 11.6 Å². The monoisotopic (exact) mass is 464 g/mol. The lowest BCUT2D eigenvalue weighted by atomic mass is 10.1. The number of hydrogen-bond donors (Lipinski definition) is 3. The van der Waals surface area contributed by atoms with E-state index < -0.39 is 12.0 Å². The Kier molecular flexibility index (Phi) is 6.55. The molecule has 2 heterocycles. The van der Waals surface area contributed by atoms with E-state index in [1.54, 1.807) is 54.7 Å². The van der Waals surface area contributed by atoms with E-state index in [4.69, 9.17) is 11.6 Å². The normalized spacial score (nSPS) is 15.2. The summed E-state index contributed by atoms with van der Waals surface area (Å²) in [6.45, 7) is 0.416. The molecule has 1 aliphatic rings. The lowest BCUT2D eigenvalue weighted by Gasteiger charge is -2.20. The van der Waals surface area contributed by atoms with Gasteiger partial charge >= 0.3 is 12.0 Å². The number of pyridine rings is 1. The maximum Gasteiger partial charge on any atom is 0.326 e. The summed E-state index contributed by atoms with van der Waals surface area (Å²) < 4.78 is 0. The topological polar surface area (TPSA) is 112 Å². The van der Waals surface area contributed by atoms with Crippen LogP contribution in [0.2, 0.25) is 5.02 Å². The minimum Gasteiger partial charge on any atom is -0.480 e. The highest BCUT2D eigenvalue weighted by Gasteiger charge is 2.34. The third-order valence-corrected chi connectivity index (χ3v) is 5.61. The summed E-state index contributed by atoms with van der Waals surface area (Å²) >= 11 is 5.84. The van der Waals surface area contributed by atoms with Gasteiger partial charge in [0.2, 0.25) is 0 Å². The van der Waals surface area contributed by atoms with Crippen molar-refractivity contribution in [3.63, 3.8) is 0 Å². The number of hydrogen-bond acceptors (Lipinski definition) is 4. The molecule has 1 saturated heterocycles. The number of carboxylic acids is 1. The number of rotatable bonds is 5. The van der Waals surface area contributed by atoms with Gasteiger partial charge in [0.1, 0.15) is 11.7 Å². The van der Waals surface area contributed by atoms with Crippen LogP contribution in [0.5, 0.6) is 0 Å². The highest BCUT2D eigenvalue weighted by molar-refractivity contribution is 6.30. The van der Waals surface area contributed by atoms with E-state index in [0.717, 1.165) is 11.1 Å².